The van der Waals surface area contributed by atoms with E-state index in [0.717, 1.165) is 13.0 Å². The Labute approximate surface area is 120 Å². The molecule has 0 amide bonds. The molecule has 2 aromatic rings. The van der Waals surface area contributed by atoms with Gasteiger partial charge in [-0.15, -0.1) is 11.3 Å². The molecule has 0 saturated carbocycles. The van der Waals surface area contributed by atoms with Crippen molar-refractivity contribution in [2.24, 2.45) is 5.92 Å². The van der Waals surface area contributed by atoms with Gasteiger partial charge in [0, 0.05) is 17.5 Å². The molecular formula is C17H23NS. The summed E-state index contributed by atoms with van der Waals surface area (Å²) in [6.45, 7) is 5.63. The molecule has 1 aromatic carbocycles. The first-order valence-corrected chi connectivity index (χ1v) is 7.94. The Morgan fingerprint density at radius 3 is 2.47 bits per heavy atom. The van der Waals surface area contributed by atoms with E-state index in [1.165, 1.54) is 16.9 Å². The van der Waals surface area contributed by atoms with Crippen molar-refractivity contribution < 1.29 is 0 Å². The van der Waals surface area contributed by atoms with Crippen molar-refractivity contribution in [1.29, 1.82) is 0 Å². The van der Waals surface area contributed by atoms with Gasteiger partial charge in [0.05, 0.1) is 0 Å². The zero-order chi connectivity index (χ0) is 13.5. The summed E-state index contributed by atoms with van der Waals surface area (Å²) in [7, 11) is 0. The highest BCUT2D eigenvalue weighted by Gasteiger charge is 2.12. The lowest BCUT2D eigenvalue weighted by molar-refractivity contribution is 0.432. The fourth-order valence-electron chi connectivity index (χ4n) is 2.32. The Bertz CT molecular complexity index is 447. The highest BCUT2D eigenvalue weighted by atomic mass is 32.1. The summed E-state index contributed by atoms with van der Waals surface area (Å²) in [5.74, 6) is 0.708. The summed E-state index contributed by atoms with van der Waals surface area (Å²) in [6.07, 6.45) is 2.31. The Hall–Kier alpha value is -1.12. The van der Waals surface area contributed by atoms with Crippen LogP contribution in [0, 0.1) is 5.92 Å². The van der Waals surface area contributed by atoms with Gasteiger partial charge in [0.1, 0.15) is 0 Å². The quantitative estimate of drug-likeness (QED) is 0.773. The van der Waals surface area contributed by atoms with Crippen molar-refractivity contribution in [3.05, 3.63) is 58.3 Å². The van der Waals surface area contributed by atoms with Crippen molar-refractivity contribution in [2.75, 3.05) is 6.54 Å². The van der Waals surface area contributed by atoms with E-state index >= 15 is 0 Å². The fraction of sp³-hybridized carbons (Fsp3) is 0.412. The van der Waals surface area contributed by atoms with Crippen LogP contribution in [0.2, 0.25) is 0 Å². The second kappa shape index (κ2) is 7.46. The van der Waals surface area contributed by atoms with Crippen molar-refractivity contribution >= 4 is 11.3 Å². The largest absolute Gasteiger partial charge is 0.310 e. The normalized spacial score (nSPS) is 12.8. The first-order valence-electron chi connectivity index (χ1n) is 7.06. The van der Waals surface area contributed by atoms with Gasteiger partial charge < -0.3 is 5.32 Å². The molecule has 0 aliphatic rings. The minimum atomic E-state index is 0.473. The molecule has 0 aliphatic carbocycles. The number of rotatable bonds is 7. The maximum atomic E-state index is 3.71. The highest BCUT2D eigenvalue weighted by Crippen LogP contribution is 2.21. The molecule has 0 aliphatic heterocycles. The molecule has 102 valence electrons. The lowest BCUT2D eigenvalue weighted by Gasteiger charge is -2.21. The van der Waals surface area contributed by atoms with Gasteiger partial charge in [-0.05, 0) is 35.8 Å². The van der Waals surface area contributed by atoms with E-state index in [2.05, 4.69) is 67.0 Å². The second-order valence-electron chi connectivity index (χ2n) is 5.38. The molecule has 1 heterocycles. The lowest BCUT2D eigenvalue weighted by atomic mass is 9.97. The zero-order valence-electron chi connectivity index (χ0n) is 11.8. The van der Waals surface area contributed by atoms with Crippen LogP contribution in [0.5, 0.6) is 0 Å². The molecule has 1 atom stereocenters. The van der Waals surface area contributed by atoms with Crippen LogP contribution in [-0.4, -0.2) is 6.54 Å². The van der Waals surface area contributed by atoms with Crippen molar-refractivity contribution in [3.8, 4) is 0 Å². The first-order chi connectivity index (χ1) is 9.25. The van der Waals surface area contributed by atoms with Gasteiger partial charge in [-0.2, -0.15) is 0 Å². The summed E-state index contributed by atoms with van der Waals surface area (Å²) in [5, 5.41) is 5.86. The highest BCUT2D eigenvalue weighted by molar-refractivity contribution is 7.09. The molecule has 0 bridgehead atoms. The van der Waals surface area contributed by atoms with Crippen LogP contribution in [0.1, 0.15) is 36.8 Å². The molecule has 1 nitrogen and oxygen atoms in total. The molecule has 1 N–H and O–H groups in total. The molecule has 0 radical (unpaired) electrons. The van der Waals surface area contributed by atoms with Gasteiger partial charge in [0.25, 0.3) is 0 Å². The summed E-state index contributed by atoms with van der Waals surface area (Å²) in [5.41, 5.74) is 1.40. The van der Waals surface area contributed by atoms with Gasteiger partial charge in [-0.25, -0.2) is 0 Å². The first kappa shape index (κ1) is 14.3. The Kier molecular flexibility index (Phi) is 5.62. The molecule has 0 spiro atoms. The van der Waals surface area contributed by atoms with Gasteiger partial charge in [-0.3, -0.25) is 0 Å². The van der Waals surface area contributed by atoms with Crippen molar-refractivity contribution in [3.63, 3.8) is 0 Å². The molecule has 1 aromatic heterocycles. The molecule has 19 heavy (non-hydrogen) atoms. The maximum absolute atomic E-state index is 3.71. The summed E-state index contributed by atoms with van der Waals surface area (Å²) < 4.78 is 0. The summed E-state index contributed by atoms with van der Waals surface area (Å²) in [6, 6.07) is 15.6. The van der Waals surface area contributed by atoms with Crippen LogP contribution >= 0.6 is 11.3 Å². The monoisotopic (exact) mass is 273 g/mol. The van der Waals surface area contributed by atoms with E-state index in [4.69, 9.17) is 0 Å². The van der Waals surface area contributed by atoms with Crippen LogP contribution < -0.4 is 5.32 Å². The van der Waals surface area contributed by atoms with Gasteiger partial charge in [0.2, 0.25) is 0 Å². The van der Waals surface area contributed by atoms with Crippen LogP contribution in [0.4, 0.5) is 0 Å². The van der Waals surface area contributed by atoms with E-state index in [9.17, 15) is 0 Å². The molecule has 2 heteroatoms. The number of nitrogens with one attached hydrogen (secondary N) is 1. The van der Waals surface area contributed by atoms with E-state index in [-0.39, 0.29) is 0 Å². The minimum Gasteiger partial charge on any atom is -0.310 e. The molecule has 0 saturated heterocycles. The number of hydrogen-bond acceptors (Lipinski definition) is 2. The van der Waals surface area contributed by atoms with Gasteiger partial charge in [0.15, 0.2) is 0 Å². The van der Waals surface area contributed by atoms with Crippen LogP contribution in [0.3, 0.4) is 0 Å². The zero-order valence-corrected chi connectivity index (χ0v) is 12.6. The van der Waals surface area contributed by atoms with Crippen molar-refractivity contribution in [1.82, 2.24) is 5.32 Å². The smallest absolute Gasteiger partial charge is 0.0322 e. The van der Waals surface area contributed by atoms with Crippen molar-refractivity contribution in [2.45, 2.75) is 32.7 Å². The third-order valence-electron chi connectivity index (χ3n) is 3.25. The van der Waals surface area contributed by atoms with E-state index in [1.54, 1.807) is 0 Å². The Morgan fingerprint density at radius 1 is 1.05 bits per heavy atom. The van der Waals surface area contributed by atoms with Crippen LogP contribution in [0.25, 0.3) is 0 Å². The average molecular weight is 273 g/mol. The minimum absolute atomic E-state index is 0.473. The van der Waals surface area contributed by atoms with E-state index < -0.39 is 0 Å². The third-order valence-corrected chi connectivity index (χ3v) is 4.19. The number of hydrogen-bond donors (Lipinski definition) is 1. The Morgan fingerprint density at radius 2 is 1.84 bits per heavy atom. The second-order valence-corrected chi connectivity index (χ2v) is 6.41. The Balaban J connectivity index is 1.91. The lowest BCUT2D eigenvalue weighted by Crippen LogP contribution is -2.24. The average Bonchev–Trinajstić information content (AvgIpc) is 2.91. The van der Waals surface area contributed by atoms with Crippen LogP contribution in [-0.2, 0) is 6.42 Å². The topological polar surface area (TPSA) is 12.0 Å². The third kappa shape index (κ3) is 4.81. The number of benzene rings is 1. The molecule has 1 unspecified atom stereocenters. The SMILES string of the molecule is CC(C)CC(NCCc1cccs1)c1ccccc1. The predicted octanol–water partition coefficient (Wildman–Crippen LogP) is 4.67. The molecular weight excluding hydrogens is 250 g/mol. The standard InChI is InChI=1S/C17H23NS/c1-14(2)13-17(15-7-4-3-5-8-15)18-11-10-16-9-6-12-19-16/h3-9,12,14,17-18H,10-11,13H2,1-2H3. The summed E-state index contributed by atoms with van der Waals surface area (Å²) >= 11 is 1.84. The fourth-order valence-corrected chi connectivity index (χ4v) is 3.03. The summed E-state index contributed by atoms with van der Waals surface area (Å²) in [4.78, 5) is 1.46. The van der Waals surface area contributed by atoms with Crippen LogP contribution in [0.15, 0.2) is 47.8 Å². The maximum Gasteiger partial charge on any atom is 0.0322 e. The van der Waals surface area contributed by atoms with E-state index in [1.807, 2.05) is 11.3 Å². The predicted molar refractivity (Wildman–Crippen MR) is 84.7 cm³/mol. The number of thiophene rings is 1. The van der Waals surface area contributed by atoms with Gasteiger partial charge >= 0.3 is 0 Å². The van der Waals surface area contributed by atoms with Gasteiger partial charge in [-0.1, -0.05) is 50.2 Å². The van der Waals surface area contributed by atoms with E-state index in [0.29, 0.717) is 12.0 Å². The molecule has 0 fully saturated rings. The molecule has 2 rings (SSSR count).